The summed E-state index contributed by atoms with van der Waals surface area (Å²) in [7, 11) is 1.86. The monoisotopic (exact) mass is 338 g/mol. The third-order valence-electron chi connectivity index (χ3n) is 4.06. The second-order valence-electron chi connectivity index (χ2n) is 5.96. The second kappa shape index (κ2) is 7.05. The Bertz CT molecular complexity index is 874. The van der Waals surface area contributed by atoms with Gasteiger partial charge in [-0.15, -0.1) is 11.3 Å². The van der Waals surface area contributed by atoms with Crippen LogP contribution in [0.3, 0.4) is 0 Å². The molecule has 0 radical (unpaired) electrons. The molecule has 0 aliphatic carbocycles. The number of benzene rings is 1. The van der Waals surface area contributed by atoms with E-state index in [-0.39, 0.29) is 5.91 Å². The van der Waals surface area contributed by atoms with Crippen molar-refractivity contribution in [1.82, 2.24) is 9.47 Å². The summed E-state index contributed by atoms with van der Waals surface area (Å²) in [6.07, 6.45) is 4.10. The Kier molecular flexibility index (Phi) is 4.86. The van der Waals surface area contributed by atoms with E-state index >= 15 is 0 Å². The maximum Gasteiger partial charge on any atom is 0.270 e. The first-order chi connectivity index (χ1) is 11.6. The number of rotatable bonds is 5. The van der Waals surface area contributed by atoms with Crippen molar-refractivity contribution in [2.24, 2.45) is 0 Å². The lowest BCUT2D eigenvalue weighted by Gasteiger charge is -2.18. The third kappa shape index (κ3) is 3.29. The van der Waals surface area contributed by atoms with E-state index < -0.39 is 0 Å². The molecule has 2 heterocycles. The van der Waals surface area contributed by atoms with E-state index in [1.807, 2.05) is 56.4 Å². The van der Waals surface area contributed by atoms with Gasteiger partial charge in [0.05, 0.1) is 10.2 Å². The maximum atomic E-state index is 13.0. The van der Waals surface area contributed by atoms with E-state index in [1.54, 1.807) is 16.2 Å². The molecule has 24 heavy (non-hydrogen) atoms. The predicted octanol–water partition coefficient (Wildman–Crippen LogP) is 4.86. The number of nitrogens with zero attached hydrogens (tertiary/aromatic N) is 2. The van der Waals surface area contributed by atoms with E-state index in [0.717, 1.165) is 23.3 Å². The van der Waals surface area contributed by atoms with Gasteiger partial charge in [0.25, 0.3) is 5.91 Å². The van der Waals surface area contributed by atoms with Crippen LogP contribution in [0.2, 0.25) is 0 Å². The molecule has 1 aromatic carbocycles. The van der Waals surface area contributed by atoms with Crippen LogP contribution in [0.1, 0.15) is 27.9 Å². The van der Waals surface area contributed by atoms with Crippen molar-refractivity contribution in [2.45, 2.75) is 26.9 Å². The SMILES string of the molecule is C/C=C/Cn1c(C(=O)N(C)Cc2ccccc2)cc2sc(C)cc21. The summed E-state index contributed by atoms with van der Waals surface area (Å²) in [5.41, 5.74) is 3.04. The Labute approximate surface area is 146 Å². The average Bonchev–Trinajstić information content (AvgIpc) is 3.09. The van der Waals surface area contributed by atoms with Gasteiger partial charge in [-0.25, -0.2) is 0 Å². The number of fused-ring (bicyclic) bond motifs is 1. The van der Waals surface area contributed by atoms with Crippen LogP contribution in [0.25, 0.3) is 10.2 Å². The standard InChI is InChI=1S/C20H22N2OS/c1-4-5-11-22-17-12-15(2)24-19(17)13-18(22)20(23)21(3)14-16-9-7-6-8-10-16/h4-10,12-13H,11,14H2,1-3H3/b5-4+. The van der Waals surface area contributed by atoms with Crippen molar-refractivity contribution in [3.63, 3.8) is 0 Å². The minimum Gasteiger partial charge on any atom is -0.336 e. The quantitative estimate of drug-likeness (QED) is 0.610. The van der Waals surface area contributed by atoms with Gasteiger partial charge in [-0.3, -0.25) is 4.79 Å². The summed E-state index contributed by atoms with van der Waals surface area (Å²) in [6.45, 7) is 5.44. The minimum absolute atomic E-state index is 0.0596. The zero-order chi connectivity index (χ0) is 17.1. The van der Waals surface area contributed by atoms with Gasteiger partial charge in [-0.2, -0.15) is 0 Å². The van der Waals surface area contributed by atoms with Gasteiger partial charge >= 0.3 is 0 Å². The molecule has 2 aromatic heterocycles. The Balaban J connectivity index is 1.92. The van der Waals surface area contributed by atoms with Gasteiger partial charge in [0.2, 0.25) is 0 Å². The molecular weight excluding hydrogens is 316 g/mol. The first-order valence-corrected chi connectivity index (χ1v) is 8.92. The first kappa shape index (κ1) is 16.5. The number of aromatic nitrogens is 1. The molecule has 0 N–H and O–H groups in total. The van der Waals surface area contributed by atoms with Crippen molar-refractivity contribution in [3.8, 4) is 0 Å². The van der Waals surface area contributed by atoms with Crippen LogP contribution >= 0.6 is 11.3 Å². The second-order valence-corrected chi connectivity index (χ2v) is 7.25. The van der Waals surface area contributed by atoms with Crippen LogP contribution in [-0.4, -0.2) is 22.4 Å². The zero-order valence-electron chi connectivity index (χ0n) is 14.3. The normalized spacial score (nSPS) is 11.5. The van der Waals surface area contributed by atoms with Crippen LogP contribution in [0.15, 0.2) is 54.6 Å². The number of amides is 1. The highest BCUT2D eigenvalue weighted by Gasteiger charge is 2.20. The topological polar surface area (TPSA) is 25.2 Å². The first-order valence-electron chi connectivity index (χ1n) is 8.10. The molecule has 3 aromatic rings. The number of hydrogen-bond donors (Lipinski definition) is 0. The lowest BCUT2D eigenvalue weighted by molar-refractivity contribution is 0.0775. The summed E-state index contributed by atoms with van der Waals surface area (Å²) < 4.78 is 3.29. The Morgan fingerprint density at radius 2 is 2.00 bits per heavy atom. The molecule has 0 saturated carbocycles. The predicted molar refractivity (Wildman–Crippen MR) is 102 cm³/mol. The maximum absolute atomic E-state index is 13.0. The van der Waals surface area contributed by atoms with E-state index in [9.17, 15) is 4.79 Å². The van der Waals surface area contributed by atoms with Crippen LogP contribution < -0.4 is 0 Å². The zero-order valence-corrected chi connectivity index (χ0v) is 15.1. The molecule has 124 valence electrons. The number of carbonyl (C=O) groups excluding carboxylic acids is 1. The minimum atomic E-state index is 0.0596. The molecule has 3 nitrogen and oxygen atoms in total. The number of allylic oxidation sites excluding steroid dienone is 2. The summed E-state index contributed by atoms with van der Waals surface area (Å²) in [5.74, 6) is 0.0596. The Morgan fingerprint density at radius 1 is 1.25 bits per heavy atom. The molecule has 0 fully saturated rings. The summed E-state index contributed by atoms with van der Waals surface area (Å²) in [5, 5.41) is 0. The molecule has 0 spiro atoms. The van der Waals surface area contributed by atoms with E-state index in [0.29, 0.717) is 6.54 Å². The summed E-state index contributed by atoms with van der Waals surface area (Å²) in [4.78, 5) is 16.0. The summed E-state index contributed by atoms with van der Waals surface area (Å²) in [6, 6.07) is 14.3. The van der Waals surface area contributed by atoms with Gasteiger partial charge in [0, 0.05) is 25.0 Å². The Hall–Kier alpha value is -2.33. The smallest absolute Gasteiger partial charge is 0.270 e. The van der Waals surface area contributed by atoms with Crippen molar-refractivity contribution < 1.29 is 4.79 Å². The highest BCUT2D eigenvalue weighted by atomic mass is 32.1. The van der Waals surface area contributed by atoms with Crippen molar-refractivity contribution >= 4 is 27.5 Å². The summed E-state index contributed by atoms with van der Waals surface area (Å²) >= 11 is 1.74. The van der Waals surface area contributed by atoms with E-state index in [2.05, 4.69) is 23.6 Å². The van der Waals surface area contributed by atoms with Gasteiger partial charge in [0.15, 0.2) is 0 Å². The van der Waals surface area contributed by atoms with E-state index in [1.165, 1.54) is 9.58 Å². The van der Waals surface area contributed by atoms with Crippen molar-refractivity contribution in [2.75, 3.05) is 7.05 Å². The van der Waals surface area contributed by atoms with Crippen LogP contribution in [0.4, 0.5) is 0 Å². The molecule has 4 heteroatoms. The molecular formula is C20H22N2OS. The number of aryl methyl sites for hydroxylation is 1. The molecule has 0 aliphatic heterocycles. The Morgan fingerprint density at radius 3 is 2.71 bits per heavy atom. The molecule has 0 unspecified atom stereocenters. The fourth-order valence-corrected chi connectivity index (χ4v) is 3.84. The van der Waals surface area contributed by atoms with Gasteiger partial charge in [-0.1, -0.05) is 42.5 Å². The fourth-order valence-electron chi connectivity index (χ4n) is 2.87. The lowest BCUT2D eigenvalue weighted by atomic mass is 10.2. The van der Waals surface area contributed by atoms with Crippen LogP contribution in [-0.2, 0) is 13.1 Å². The van der Waals surface area contributed by atoms with Crippen molar-refractivity contribution in [3.05, 3.63) is 70.8 Å². The van der Waals surface area contributed by atoms with Gasteiger partial charge < -0.3 is 9.47 Å². The van der Waals surface area contributed by atoms with Crippen LogP contribution in [0, 0.1) is 6.92 Å². The van der Waals surface area contributed by atoms with Crippen molar-refractivity contribution in [1.29, 1.82) is 0 Å². The molecule has 1 amide bonds. The largest absolute Gasteiger partial charge is 0.336 e. The van der Waals surface area contributed by atoms with Crippen LogP contribution in [0.5, 0.6) is 0 Å². The average molecular weight is 338 g/mol. The van der Waals surface area contributed by atoms with Gasteiger partial charge in [-0.05, 0) is 31.5 Å². The highest BCUT2D eigenvalue weighted by molar-refractivity contribution is 7.19. The third-order valence-corrected chi connectivity index (χ3v) is 5.05. The molecule has 0 atom stereocenters. The number of carbonyl (C=O) groups is 1. The molecule has 0 bridgehead atoms. The molecule has 3 rings (SSSR count). The molecule has 0 aliphatic rings. The van der Waals surface area contributed by atoms with E-state index in [4.69, 9.17) is 0 Å². The molecule has 0 saturated heterocycles. The highest BCUT2D eigenvalue weighted by Crippen LogP contribution is 2.29. The number of thiophene rings is 1. The fraction of sp³-hybridized carbons (Fsp3) is 0.250. The lowest BCUT2D eigenvalue weighted by Crippen LogP contribution is -2.28. The number of hydrogen-bond acceptors (Lipinski definition) is 2. The van der Waals surface area contributed by atoms with Gasteiger partial charge in [0.1, 0.15) is 5.69 Å².